The largest absolute Gasteiger partial charge is 0.365 e. The summed E-state index contributed by atoms with van der Waals surface area (Å²) in [5.41, 5.74) is 6.57. The highest BCUT2D eigenvalue weighted by molar-refractivity contribution is 7.13. The fourth-order valence-corrected chi connectivity index (χ4v) is 2.31. The summed E-state index contributed by atoms with van der Waals surface area (Å²) < 4.78 is 5.03. The molecule has 0 aliphatic heterocycles. The summed E-state index contributed by atoms with van der Waals surface area (Å²) in [7, 11) is 0. The van der Waals surface area contributed by atoms with E-state index in [1.54, 1.807) is 19.9 Å². The molecule has 0 unspecified atom stereocenters. The van der Waals surface area contributed by atoms with Crippen molar-refractivity contribution in [2.24, 2.45) is 5.73 Å². The van der Waals surface area contributed by atoms with Gasteiger partial charge in [0.1, 0.15) is 11.3 Å². The van der Waals surface area contributed by atoms with E-state index in [4.69, 9.17) is 10.3 Å². The van der Waals surface area contributed by atoms with Crippen LogP contribution in [-0.4, -0.2) is 17.0 Å². The van der Waals surface area contributed by atoms with Gasteiger partial charge in [-0.1, -0.05) is 16.8 Å². The number of hydrogen-bond acceptors (Lipinski definition) is 5. The Labute approximate surface area is 119 Å². The van der Waals surface area contributed by atoms with Crippen LogP contribution < -0.4 is 11.1 Å². The lowest BCUT2D eigenvalue weighted by Crippen LogP contribution is -2.16. The van der Waals surface area contributed by atoms with Crippen molar-refractivity contribution < 1.29 is 14.1 Å². The lowest BCUT2D eigenvalue weighted by molar-refractivity contribution is -0.112. The highest BCUT2D eigenvalue weighted by atomic mass is 32.1. The molecule has 0 radical (unpaired) electrons. The van der Waals surface area contributed by atoms with E-state index in [0.717, 1.165) is 10.5 Å². The zero-order valence-electron chi connectivity index (χ0n) is 11.0. The summed E-state index contributed by atoms with van der Waals surface area (Å²) in [6.45, 7) is 3.57. The molecule has 0 saturated heterocycles. The van der Waals surface area contributed by atoms with Crippen LogP contribution in [0.3, 0.4) is 0 Å². The molecule has 2 rings (SSSR count). The molecule has 2 aromatic rings. The van der Waals surface area contributed by atoms with Crippen LogP contribution in [0.15, 0.2) is 33.7 Å². The average molecular weight is 291 g/mol. The number of rotatable bonds is 4. The number of thiophene rings is 1. The predicted octanol–water partition coefficient (Wildman–Crippen LogP) is 2.41. The van der Waals surface area contributed by atoms with Crippen LogP contribution in [0.2, 0.25) is 0 Å². The van der Waals surface area contributed by atoms with Gasteiger partial charge in [-0.3, -0.25) is 14.9 Å². The molecule has 104 valence electrons. The van der Waals surface area contributed by atoms with Gasteiger partial charge in [0.2, 0.25) is 5.88 Å². The second-order valence-electron chi connectivity index (χ2n) is 4.29. The summed E-state index contributed by atoms with van der Waals surface area (Å²) in [6.07, 6.45) is 1.39. The van der Waals surface area contributed by atoms with Crippen molar-refractivity contribution in [3.05, 3.63) is 34.7 Å². The van der Waals surface area contributed by atoms with Crippen LogP contribution in [0.4, 0.5) is 5.88 Å². The number of amides is 2. The van der Waals surface area contributed by atoms with Gasteiger partial charge in [0.25, 0.3) is 11.8 Å². The van der Waals surface area contributed by atoms with Crippen molar-refractivity contribution in [2.75, 3.05) is 5.32 Å². The number of nitrogens with one attached hydrogen (secondary N) is 1. The number of hydrogen-bond donors (Lipinski definition) is 2. The molecular formula is C13H13N3O3S. The van der Waals surface area contributed by atoms with Gasteiger partial charge in [0, 0.05) is 6.08 Å². The van der Waals surface area contributed by atoms with Crippen molar-refractivity contribution in [3.8, 4) is 10.6 Å². The Hall–Kier alpha value is -2.41. The van der Waals surface area contributed by atoms with Gasteiger partial charge in [-0.2, -0.15) is 0 Å². The van der Waals surface area contributed by atoms with Crippen LogP contribution in [0.5, 0.6) is 0 Å². The monoisotopic (exact) mass is 291 g/mol. The van der Waals surface area contributed by atoms with E-state index in [-0.39, 0.29) is 11.4 Å². The van der Waals surface area contributed by atoms with E-state index in [0.29, 0.717) is 5.69 Å². The summed E-state index contributed by atoms with van der Waals surface area (Å²) in [6, 6.07) is 3.61. The lowest BCUT2D eigenvalue weighted by atomic mass is 10.2. The molecule has 6 nitrogen and oxygen atoms in total. The van der Waals surface area contributed by atoms with Crippen LogP contribution in [0.25, 0.3) is 10.6 Å². The second kappa shape index (κ2) is 5.70. The number of carbonyl (C=O) groups excluding carboxylic acids is 2. The molecule has 0 atom stereocenters. The van der Waals surface area contributed by atoms with Crippen molar-refractivity contribution in [1.29, 1.82) is 0 Å². The zero-order valence-corrected chi connectivity index (χ0v) is 11.8. The first-order valence-corrected chi connectivity index (χ1v) is 6.66. The van der Waals surface area contributed by atoms with Gasteiger partial charge in [-0.05, 0) is 25.3 Å². The molecule has 0 aromatic carbocycles. The Morgan fingerprint density at radius 3 is 2.75 bits per heavy atom. The normalized spacial score (nSPS) is 10.1. The van der Waals surface area contributed by atoms with Crippen LogP contribution in [0.1, 0.15) is 24.2 Å². The Morgan fingerprint density at radius 2 is 2.20 bits per heavy atom. The van der Waals surface area contributed by atoms with Crippen molar-refractivity contribution in [2.45, 2.75) is 13.8 Å². The van der Waals surface area contributed by atoms with Crippen LogP contribution in [-0.2, 0) is 4.79 Å². The third-order valence-corrected chi connectivity index (χ3v) is 3.23. The fraction of sp³-hybridized carbons (Fsp3) is 0.154. The topological polar surface area (TPSA) is 98.2 Å². The first-order chi connectivity index (χ1) is 9.49. The summed E-state index contributed by atoms with van der Waals surface area (Å²) in [5.74, 6) is -1.15. The van der Waals surface area contributed by atoms with Gasteiger partial charge in [0.15, 0.2) is 0 Å². The van der Waals surface area contributed by atoms with E-state index < -0.39 is 11.8 Å². The number of allylic oxidation sites excluding steroid dienone is 1. The minimum Gasteiger partial charge on any atom is -0.365 e. The smallest absolute Gasteiger partial charge is 0.256 e. The van der Waals surface area contributed by atoms with Gasteiger partial charge >= 0.3 is 0 Å². The molecule has 0 aliphatic carbocycles. The maximum absolute atomic E-state index is 11.7. The molecular weight excluding hydrogens is 278 g/mol. The summed E-state index contributed by atoms with van der Waals surface area (Å²) in [5, 5.41) is 8.12. The molecule has 2 amide bonds. The second-order valence-corrected chi connectivity index (χ2v) is 5.24. The molecule has 0 spiro atoms. The minimum atomic E-state index is -0.706. The standard InChI is InChI=1S/C13H13N3O3S/c1-7(2)6-9(17)15-13-10(12(14)18)11(16-19-13)8-4-3-5-20-8/h3-6H,1-2H3,(H2,14,18)(H,15,17). The predicted molar refractivity (Wildman–Crippen MR) is 76.4 cm³/mol. The Balaban J connectivity index is 2.38. The third kappa shape index (κ3) is 2.94. The van der Waals surface area contributed by atoms with Crippen molar-refractivity contribution in [3.63, 3.8) is 0 Å². The number of carbonyl (C=O) groups is 2. The van der Waals surface area contributed by atoms with Crippen molar-refractivity contribution in [1.82, 2.24) is 5.16 Å². The van der Waals surface area contributed by atoms with Gasteiger partial charge in [-0.15, -0.1) is 11.3 Å². The highest BCUT2D eigenvalue weighted by Crippen LogP contribution is 2.31. The van der Waals surface area contributed by atoms with Gasteiger partial charge < -0.3 is 10.3 Å². The molecule has 2 heterocycles. The third-order valence-electron chi connectivity index (χ3n) is 2.35. The van der Waals surface area contributed by atoms with E-state index in [9.17, 15) is 9.59 Å². The molecule has 0 fully saturated rings. The number of anilines is 1. The SMILES string of the molecule is CC(C)=CC(=O)Nc1onc(-c2cccs2)c1C(N)=O. The maximum Gasteiger partial charge on any atom is 0.256 e. The first kappa shape index (κ1) is 14.0. The van der Waals surface area contributed by atoms with Crippen LogP contribution in [0, 0.1) is 0 Å². The fourth-order valence-electron chi connectivity index (χ4n) is 1.60. The van der Waals surface area contributed by atoms with Gasteiger partial charge in [0.05, 0.1) is 4.88 Å². The first-order valence-electron chi connectivity index (χ1n) is 5.78. The zero-order chi connectivity index (χ0) is 14.7. The molecule has 2 aromatic heterocycles. The average Bonchev–Trinajstić information content (AvgIpc) is 2.94. The van der Waals surface area contributed by atoms with Crippen LogP contribution >= 0.6 is 11.3 Å². The molecule has 3 N–H and O–H groups in total. The molecule has 20 heavy (non-hydrogen) atoms. The Bertz CT molecular complexity index is 667. The summed E-state index contributed by atoms with van der Waals surface area (Å²) >= 11 is 1.40. The number of primary amides is 1. The Kier molecular flexibility index (Phi) is 3.99. The van der Waals surface area contributed by atoms with E-state index in [1.165, 1.54) is 17.4 Å². The van der Waals surface area contributed by atoms with E-state index >= 15 is 0 Å². The van der Waals surface area contributed by atoms with Crippen molar-refractivity contribution >= 4 is 29.0 Å². The number of nitrogens with zero attached hydrogens (tertiary/aromatic N) is 1. The molecule has 0 saturated carbocycles. The summed E-state index contributed by atoms with van der Waals surface area (Å²) in [4.78, 5) is 24.0. The van der Waals surface area contributed by atoms with E-state index in [2.05, 4.69) is 10.5 Å². The van der Waals surface area contributed by atoms with Gasteiger partial charge in [-0.25, -0.2) is 0 Å². The molecule has 7 heteroatoms. The highest BCUT2D eigenvalue weighted by Gasteiger charge is 2.23. The quantitative estimate of drug-likeness (QED) is 0.845. The lowest BCUT2D eigenvalue weighted by Gasteiger charge is -2.00. The van der Waals surface area contributed by atoms with E-state index in [1.807, 2.05) is 11.4 Å². The molecule has 0 bridgehead atoms. The molecule has 0 aliphatic rings. The maximum atomic E-state index is 11.7. The number of aromatic nitrogens is 1. The Morgan fingerprint density at radius 1 is 1.45 bits per heavy atom. The number of nitrogens with two attached hydrogens (primary N) is 1. The minimum absolute atomic E-state index is 0.0385.